The van der Waals surface area contributed by atoms with Gasteiger partial charge >= 0.3 is 0 Å². The normalized spacial score (nSPS) is 18.3. The van der Waals surface area contributed by atoms with Gasteiger partial charge in [-0.15, -0.1) is 0 Å². The zero-order valence-electron chi connectivity index (χ0n) is 10.9. The summed E-state index contributed by atoms with van der Waals surface area (Å²) in [6.07, 6.45) is 2.51. The standard InChI is InChI=1S/C16H20N2/c1-18-10-8-12(9-11-18)13-4-2-6-15-14(13)5-3-7-16(15)17/h2-7,12H,8-11,17H2,1H3. The van der Waals surface area contributed by atoms with Crippen LogP contribution in [-0.4, -0.2) is 25.0 Å². The molecule has 0 radical (unpaired) electrons. The molecule has 0 spiro atoms. The molecule has 0 amide bonds. The third-order valence-corrected chi connectivity index (χ3v) is 4.15. The van der Waals surface area contributed by atoms with Gasteiger partial charge in [-0.2, -0.15) is 0 Å². The molecular formula is C16H20N2. The van der Waals surface area contributed by atoms with E-state index in [2.05, 4.69) is 42.3 Å². The predicted octanol–water partition coefficient (Wildman–Crippen LogP) is 3.23. The zero-order chi connectivity index (χ0) is 12.5. The van der Waals surface area contributed by atoms with Gasteiger partial charge in [-0.25, -0.2) is 0 Å². The Kier molecular flexibility index (Phi) is 2.96. The van der Waals surface area contributed by atoms with E-state index in [9.17, 15) is 0 Å². The van der Waals surface area contributed by atoms with Gasteiger partial charge in [0.1, 0.15) is 0 Å². The highest BCUT2D eigenvalue weighted by Gasteiger charge is 2.20. The molecule has 2 nitrogen and oxygen atoms in total. The molecule has 0 aliphatic carbocycles. The van der Waals surface area contributed by atoms with Crippen LogP contribution in [0.5, 0.6) is 0 Å². The number of piperidine rings is 1. The molecule has 0 bridgehead atoms. The summed E-state index contributed by atoms with van der Waals surface area (Å²) in [6, 6.07) is 12.8. The van der Waals surface area contributed by atoms with Gasteiger partial charge in [0.15, 0.2) is 0 Å². The summed E-state index contributed by atoms with van der Waals surface area (Å²) in [5.41, 5.74) is 8.44. The molecule has 2 heteroatoms. The second kappa shape index (κ2) is 4.62. The lowest BCUT2D eigenvalue weighted by atomic mass is 9.86. The number of benzene rings is 2. The molecule has 1 heterocycles. The number of fused-ring (bicyclic) bond motifs is 1. The maximum absolute atomic E-state index is 6.07. The first-order valence-electron chi connectivity index (χ1n) is 6.71. The molecule has 0 unspecified atom stereocenters. The lowest BCUT2D eigenvalue weighted by Gasteiger charge is -2.30. The van der Waals surface area contributed by atoms with Crippen LogP contribution in [0.3, 0.4) is 0 Å². The first kappa shape index (κ1) is 11.5. The fraction of sp³-hybridized carbons (Fsp3) is 0.375. The number of nitrogens with zero attached hydrogens (tertiary/aromatic N) is 1. The molecular weight excluding hydrogens is 220 g/mol. The lowest BCUT2D eigenvalue weighted by molar-refractivity contribution is 0.256. The smallest absolute Gasteiger partial charge is 0.0393 e. The summed E-state index contributed by atoms with van der Waals surface area (Å²) < 4.78 is 0. The maximum atomic E-state index is 6.07. The van der Waals surface area contributed by atoms with Crippen LogP contribution in [0.4, 0.5) is 5.69 Å². The van der Waals surface area contributed by atoms with Crippen LogP contribution in [0.1, 0.15) is 24.3 Å². The van der Waals surface area contributed by atoms with Crippen molar-refractivity contribution in [2.24, 2.45) is 0 Å². The molecule has 1 saturated heterocycles. The van der Waals surface area contributed by atoms with Crippen molar-refractivity contribution in [2.75, 3.05) is 25.9 Å². The molecule has 2 aromatic rings. The number of rotatable bonds is 1. The number of hydrogen-bond acceptors (Lipinski definition) is 2. The van der Waals surface area contributed by atoms with Crippen molar-refractivity contribution in [1.29, 1.82) is 0 Å². The molecule has 2 aromatic carbocycles. The van der Waals surface area contributed by atoms with Crippen molar-refractivity contribution in [3.63, 3.8) is 0 Å². The van der Waals surface area contributed by atoms with E-state index in [0.29, 0.717) is 5.92 Å². The minimum atomic E-state index is 0.687. The molecule has 1 aliphatic rings. The third-order valence-electron chi connectivity index (χ3n) is 4.15. The van der Waals surface area contributed by atoms with E-state index in [4.69, 9.17) is 5.73 Å². The van der Waals surface area contributed by atoms with Crippen molar-refractivity contribution >= 4 is 16.5 Å². The van der Waals surface area contributed by atoms with E-state index in [-0.39, 0.29) is 0 Å². The Labute approximate surface area is 108 Å². The van der Waals surface area contributed by atoms with E-state index in [1.54, 1.807) is 0 Å². The molecule has 18 heavy (non-hydrogen) atoms. The predicted molar refractivity (Wildman–Crippen MR) is 77.8 cm³/mol. The second-order valence-electron chi connectivity index (χ2n) is 5.37. The van der Waals surface area contributed by atoms with Gasteiger partial charge in [0.05, 0.1) is 0 Å². The second-order valence-corrected chi connectivity index (χ2v) is 5.37. The summed E-state index contributed by atoms with van der Waals surface area (Å²) in [4.78, 5) is 2.41. The molecule has 1 aliphatic heterocycles. The quantitative estimate of drug-likeness (QED) is 0.775. The monoisotopic (exact) mass is 240 g/mol. The van der Waals surface area contributed by atoms with Crippen molar-refractivity contribution in [1.82, 2.24) is 4.90 Å². The Balaban J connectivity index is 2.04. The number of hydrogen-bond donors (Lipinski definition) is 1. The third kappa shape index (κ3) is 1.97. The van der Waals surface area contributed by atoms with Crippen LogP contribution in [0, 0.1) is 0 Å². The molecule has 1 fully saturated rings. The van der Waals surface area contributed by atoms with Gasteiger partial charge in [0, 0.05) is 11.1 Å². The summed E-state index contributed by atoms with van der Waals surface area (Å²) in [5.74, 6) is 0.687. The highest BCUT2D eigenvalue weighted by molar-refractivity contribution is 5.95. The molecule has 0 aromatic heterocycles. The molecule has 2 N–H and O–H groups in total. The maximum Gasteiger partial charge on any atom is 0.0393 e. The van der Waals surface area contributed by atoms with Crippen LogP contribution < -0.4 is 5.73 Å². The van der Waals surface area contributed by atoms with Gasteiger partial charge in [0.2, 0.25) is 0 Å². The van der Waals surface area contributed by atoms with Gasteiger partial charge in [0.25, 0.3) is 0 Å². The number of likely N-dealkylation sites (tertiary alicyclic amines) is 1. The lowest BCUT2D eigenvalue weighted by Crippen LogP contribution is -2.29. The van der Waals surface area contributed by atoms with Gasteiger partial charge in [-0.05, 0) is 55.9 Å². The molecule has 0 saturated carbocycles. The number of anilines is 1. The number of nitrogens with two attached hydrogens (primary N) is 1. The van der Waals surface area contributed by atoms with Crippen LogP contribution in [0.15, 0.2) is 36.4 Å². The summed E-state index contributed by atoms with van der Waals surface area (Å²) in [7, 11) is 2.21. The number of nitrogen functional groups attached to an aromatic ring is 1. The van der Waals surface area contributed by atoms with E-state index in [0.717, 1.165) is 5.69 Å². The highest BCUT2D eigenvalue weighted by atomic mass is 15.1. The average molecular weight is 240 g/mol. The van der Waals surface area contributed by atoms with E-state index >= 15 is 0 Å². The van der Waals surface area contributed by atoms with E-state index < -0.39 is 0 Å². The Morgan fingerprint density at radius 1 is 1.00 bits per heavy atom. The minimum Gasteiger partial charge on any atom is -0.398 e. The minimum absolute atomic E-state index is 0.687. The van der Waals surface area contributed by atoms with Crippen LogP contribution >= 0.6 is 0 Å². The average Bonchev–Trinajstić information content (AvgIpc) is 2.40. The van der Waals surface area contributed by atoms with Crippen LogP contribution in [0.25, 0.3) is 10.8 Å². The molecule has 3 rings (SSSR count). The van der Waals surface area contributed by atoms with Crippen molar-refractivity contribution in [2.45, 2.75) is 18.8 Å². The Morgan fingerprint density at radius 2 is 1.67 bits per heavy atom. The fourth-order valence-electron chi connectivity index (χ4n) is 3.03. The first-order valence-corrected chi connectivity index (χ1v) is 6.71. The Morgan fingerprint density at radius 3 is 2.44 bits per heavy atom. The van der Waals surface area contributed by atoms with Crippen LogP contribution in [-0.2, 0) is 0 Å². The topological polar surface area (TPSA) is 29.3 Å². The van der Waals surface area contributed by atoms with Crippen molar-refractivity contribution in [3.05, 3.63) is 42.0 Å². The first-order chi connectivity index (χ1) is 8.75. The van der Waals surface area contributed by atoms with E-state index in [1.165, 1.54) is 42.3 Å². The molecule has 94 valence electrons. The van der Waals surface area contributed by atoms with Crippen molar-refractivity contribution in [3.8, 4) is 0 Å². The summed E-state index contributed by atoms with van der Waals surface area (Å²) >= 11 is 0. The highest BCUT2D eigenvalue weighted by Crippen LogP contribution is 2.34. The largest absolute Gasteiger partial charge is 0.398 e. The van der Waals surface area contributed by atoms with Gasteiger partial charge in [-0.1, -0.05) is 30.3 Å². The zero-order valence-corrected chi connectivity index (χ0v) is 10.9. The van der Waals surface area contributed by atoms with Crippen LogP contribution in [0.2, 0.25) is 0 Å². The SMILES string of the molecule is CN1CCC(c2cccc3c(N)cccc23)CC1. The summed E-state index contributed by atoms with van der Waals surface area (Å²) in [5, 5.41) is 2.54. The van der Waals surface area contributed by atoms with Gasteiger partial charge < -0.3 is 10.6 Å². The molecule has 0 atom stereocenters. The van der Waals surface area contributed by atoms with Crippen molar-refractivity contribution < 1.29 is 0 Å². The summed E-state index contributed by atoms with van der Waals surface area (Å²) in [6.45, 7) is 2.40. The Bertz CT molecular complexity index is 554. The Hall–Kier alpha value is -1.54. The fourth-order valence-corrected chi connectivity index (χ4v) is 3.03. The van der Waals surface area contributed by atoms with Gasteiger partial charge in [-0.3, -0.25) is 0 Å². The van der Waals surface area contributed by atoms with E-state index in [1.807, 2.05) is 6.07 Å².